The van der Waals surface area contributed by atoms with Crippen LogP contribution in [-0.4, -0.2) is 14.5 Å². The van der Waals surface area contributed by atoms with E-state index in [1.165, 1.54) is 44.1 Å². The van der Waals surface area contributed by atoms with E-state index in [1.807, 2.05) is 24.4 Å². The van der Waals surface area contributed by atoms with Gasteiger partial charge in [0.15, 0.2) is 0 Å². The molecule has 47 heavy (non-hydrogen) atoms. The van der Waals surface area contributed by atoms with E-state index in [-0.39, 0.29) is 22.8 Å². The summed E-state index contributed by atoms with van der Waals surface area (Å²) in [5, 5.41) is 2.50. The highest BCUT2D eigenvalue weighted by Crippen LogP contribution is 2.63. The van der Waals surface area contributed by atoms with E-state index in [0.29, 0.717) is 0 Å². The predicted octanol–water partition coefficient (Wildman–Crippen LogP) is 11.0. The third-order valence-corrected chi connectivity index (χ3v) is 10.5. The Balaban J connectivity index is 1.15. The summed E-state index contributed by atoms with van der Waals surface area (Å²) in [5.41, 5.74) is 12.1. The fourth-order valence-corrected chi connectivity index (χ4v) is 8.32. The lowest BCUT2D eigenvalue weighted by atomic mass is 9.80. The zero-order valence-electron chi connectivity index (χ0n) is 27.5. The SMILES string of the molecule is CC(C)(C)c1ccnc(-c2cccc(Oc3cccc(-c4ncc5c6ccccc6n6c5c4C4c5ccccc5C(C)(C)C46)c3)c2)c1. The maximum Gasteiger partial charge on any atom is 0.128 e. The zero-order valence-corrected chi connectivity index (χ0v) is 27.5. The van der Waals surface area contributed by atoms with E-state index >= 15 is 0 Å². The summed E-state index contributed by atoms with van der Waals surface area (Å²) >= 11 is 0. The number of rotatable bonds is 4. The Morgan fingerprint density at radius 1 is 0.723 bits per heavy atom. The van der Waals surface area contributed by atoms with E-state index in [0.717, 1.165) is 34.0 Å². The van der Waals surface area contributed by atoms with Gasteiger partial charge in [0.2, 0.25) is 0 Å². The molecule has 1 aliphatic carbocycles. The molecule has 1 aliphatic heterocycles. The van der Waals surface area contributed by atoms with Crippen LogP contribution in [0.25, 0.3) is 44.3 Å². The van der Waals surface area contributed by atoms with Gasteiger partial charge in [0.1, 0.15) is 11.5 Å². The van der Waals surface area contributed by atoms with E-state index in [4.69, 9.17) is 9.72 Å². The Labute approximate surface area is 275 Å². The summed E-state index contributed by atoms with van der Waals surface area (Å²) in [6.45, 7) is 11.5. The first kappa shape index (κ1) is 28.0. The summed E-state index contributed by atoms with van der Waals surface area (Å²) in [6.07, 6.45) is 3.98. The molecule has 9 rings (SSSR count). The maximum absolute atomic E-state index is 6.54. The summed E-state index contributed by atoms with van der Waals surface area (Å²) in [7, 11) is 0. The molecular formula is C43H37N3O. The van der Waals surface area contributed by atoms with Gasteiger partial charge in [0.05, 0.1) is 22.9 Å². The fourth-order valence-electron chi connectivity index (χ4n) is 8.32. The molecule has 0 bridgehead atoms. The van der Waals surface area contributed by atoms with Crippen LogP contribution in [0.3, 0.4) is 0 Å². The standard InChI is InChI=1S/C43H37N3O/c1-42(2,3)28-20-21-44-35(24-28)26-12-10-14-29(22-26)47-30-15-11-13-27(23-30)39-38-37-32-17-6-8-18-34(32)43(4,5)41(37)46-36-19-9-7-16-31(36)33(25-45-39)40(38)46/h6-25,37,41H,1-5H3. The molecule has 230 valence electrons. The minimum Gasteiger partial charge on any atom is -0.457 e. The van der Waals surface area contributed by atoms with Gasteiger partial charge in [-0.05, 0) is 64.6 Å². The van der Waals surface area contributed by atoms with Gasteiger partial charge in [-0.15, -0.1) is 0 Å². The van der Waals surface area contributed by atoms with Gasteiger partial charge in [-0.2, -0.15) is 0 Å². The molecule has 4 heteroatoms. The lowest BCUT2D eigenvalue weighted by Crippen LogP contribution is -2.26. The van der Waals surface area contributed by atoms with Crippen molar-refractivity contribution in [2.75, 3.05) is 0 Å². The topological polar surface area (TPSA) is 39.9 Å². The Kier molecular flexibility index (Phi) is 5.90. The van der Waals surface area contributed by atoms with E-state index in [9.17, 15) is 0 Å². The van der Waals surface area contributed by atoms with E-state index in [1.54, 1.807) is 0 Å². The molecule has 7 aromatic rings. The number of hydrogen-bond acceptors (Lipinski definition) is 3. The van der Waals surface area contributed by atoms with Gasteiger partial charge in [-0.25, -0.2) is 0 Å². The molecule has 0 saturated carbocycles. The molecule has 2 unspecified atom stereocenters. The molecule has 2 aliphatic rings. The molecule has 0 radical (unpaired) electrons. The highest BCUT2D eigenvalue weighted by atomic mass is 16.5. The molecule has 0 N–H and O–H groups in total. The first-order chi connectivity index (χ1) is 22.7. The van der Waals surface area contributed by atoms with Crippen LogP contribution in [0, 0.1) is 0 Å². The first-order valence-corrected chi connectivity index (χ1v) is 16.6. The molecule has 3 aromatic heterocycles. The molecule has 0 saturated heterocycles. The van der Waals surface area contributed by atoms with Crippen molar-refractivity contribution in [2.24, 2.45) is 0 Å². The van der Waals surface area contributed by atoms with Crippen LogP contribution in [0.15, 0.2) is 122 Å². The number of fused-ring (bicyclic) bond motifs is 8. The van der Waals surface area contributed by atoms with Gasteiger partial charge >= 0.3 is 0 Å². The van der Waals surface area contributed by atoms with E-state index < -0.39 is 0 Å². The van der Waals surface area contributed by atoms with Crippen molar-refractivity contribution < 1.29 is 4.74 Å². The lowest BCUT2D eigenvalue weighted by Gasteiger charge is -2.30. The van der Waals surface area contributed by atoms with Crippen LogP contribution >= 0.6 is 0 Å². The van der Waals surface area contributed by atoms with Gasteiger partial charge < -0.3 is 9.30 Å². The number of ether oxygens (including phenoxy) is 1. The third kappa shape index (κ3) is 4.14. The average molecular weight is 612 g/mol. The molecule has 0 fully saturated rings. The van der Waals surface area contributed by atoms with Gasteiger partial charge in [0, 0.05) is 56.7 Å². The number of nitrogens with zero attached hydrogens (tertiary/aromatic N) is 3. The minimum atomic E-state index is -0.0382. The number of pyridine rings is 2. The number of hydrogen-bond donors (Lipinski definition) is 0. The van der Waals surface area contributed by atoms with Crippen molar-refractivity contribution in [3.8, 4) is 34.0 Å². The molecule has 0 amide bonds. The van der Waals surface area contributed by atoms with Gasteiger partial charge in [0.25, 0.3) is 0 Å². The molecule has 4 nitrogen and oxygen atoms in total. The van der Waals surface area contributed by atoms with E-state index in [2.05, 4.69) is 141 Å². The second-order valence-corrected chi connectivity index (χ2v) is 14.7. The highest BCUT2D eigenvalue weighted by Gasteiger charge is 2.53. The van der Waals surface area contributed by atoms with Gasteiger partial charge in [-0.1, -0.05) is 101 Å². The van der Waals surface area contributed by atoms with Crippen LogP contribution in [0.4, 0.5) is 0 Å². The molecule has 4 heterocycles. The molecule has 2 atom stereocenters. The van der Waals surface area contributed by atoms with Crippen molar-refractivity contribution in [3.05, 3.63) is 144 Å². The third-order valence-electron chi connectivity index (χ3n) is 10.5. The summed E-state index contributed by atoms with van der Waals surface area (Å²) in [4.78, 5) is 9.91. The van der Waals surface area contributed by atoms with Crippen molar-refractivity contribution in [2.45, 2.75) is 57.4 Å². The zero-order chi connectivity index (χ0) is 32.1. The first-order valence-electron chi connectivity index (χ1n) is 16.6. The monoisotopic (exact) mass is 611 g/mol. The fraction of sp³-hybridized carbons (Fsp3) is 0.209. The van der Waals surface area contributed by atoms with Gasteiger partial charge in [-0.3, -0.25) is 9.97 Å². The summed E-state index contributed by atoms with van der Waals surface area (Å²) in [5.74, 6) is 1.79. The Morgan fingerprint density at radius 3 is 2.26 bits per heavy atom. The van der Waals surface area contributed by atoms with Crippen molar-refractivity contribution in [1.29, 1.82) is 0 Å². The molecule has 0 spiro atoms. The number of para-hydroxylation sites is 1. The Hall–Kier alpha value is -5.22. The quantitative estimate of drug-likeness (QED) is 0.199. The molecule has 4 aromatic carbocycles. The van der Waals surface area contributed by atoms with Crippen LogP contribution in [0.1, 0.15) is 68.8 Å². The van der Waals surface area contributed by atoms with Crippen molar-refractivity contribution >= 4 is 21.8 Å². The minimum absolute atomic E-state index is 0.0382. The number of aromatic nitrogens is 3. The van der Waals surface area contributed by atoms with Crippen LogP contribution < -0.4 is 4.74 Å². The highest BCUT2D eigenvalue weighted by molar-refractivity contribution is 6.11. The predicted molar refractivity (Wildman–Crippen MR) is 191 cm³/mol. The second-order valence-electron chi connectivity index (χ2n) is 14.7. The Morgan fingerprint density at radius 2 is 1.45 bits per heavy atom. The maximum atomic E-state index is 6.54. The smallest absolute Gasteiger partial charge is 0.128 e. The Bertz CT molecular complexity index is 2370. The average Bonchev–Trinajstić information content (AvgIpc) is 3.68. The summed E-state index contributed by atoms with van der Waals surface area (Å²) in [6, 6.07) is 39.0. The van der Waals surface area contributed by atoms with Crippen LogP contribution in [0.2, 0.25) is 0 Å². The lowest BCUT2D eigenvalue weighted by molar-refractivity contribution is 0.350. The second kappa shape index (κ2) is 9.89. The summed E-state index contributed by atoms with van der Waals surface area (Å²) < 4.78 is 9.17. The van der Waals surface area contributed by atoms with Crippen molar-refractivity contribution in [3.63, 3.8) is 0 Å². The normalized spacial score (nSPS) is 17.6. The van der Waals surface area contributed by atoms with Crippen LogP contribution in [0.5, 0.6) is 11.5 Å². The van der Waals surface area contributed by atoms with Crippen molar-refractivity contribution in [1.82, 2.24) is 14.5 Å². The van der Waals surface area contributed by atoms with Crippen LogP contribution in [-0.2, 0) is 10.8 Å². The number of benzene rings is 4. The largest absolute Gasteiger partial charge is 0.457 e. The molecular weight excluding hydrogens is 574 g/mol.